The number of hydrogen-bond donors (Lipinski definition) is 1. The van der Waals surface area contributed by atoms with Gasteiger partial charge in [-0.2, -0.15) is 0 Å². The third-order valence-corrected chi connectivity index (χ3v) is 3.52. The van der Waals surface area contributed by atoms with Gasteiger partial charge in [0.15, 0.2) is 0 Å². The van der Waals surface area contributed by atoms with E-state index in [1.54, 1.807) is 7.11 Å². The van der Waals surface area contributed by atoms with Gasteiger partial charge >= 0.3 is 5.97 Å². The summed E-state index contributed by atoms with van der Waals surface area (Å²) in [5.41, 5.74) is 0. The lowest BCUT2D eigenvalue weighted by atomic mass is 10.1. The zero-order valence-corrected chi connectivity index (χ0v) is 9.97. The van der Waals surface area contributed by atoms with Crippen LogP contribution >= 0.6 is 11.8 Å². The van der Waals surface area contributed by atoms with Crippen molar-refractivity contribution < 1.29 is 14.6 Å². The first-order chi connectivity index (χ1) is 6.59. The Morgan fingerprint density at radius 3 is 2.50 bits per heavy atom. The SMILES string of the molecule is COCCCCSC(C(=O)O)C(C)C. The van der Waals surface area contributed by atoms with Crippen LogP contribution in [0.4, 0.5) is 0 Å². The van der Waals surface area contributed by atoms with Gasteiger partial charge in [-0.3, -0.25) is 4.79 Å². The summed E-state index contributed by atoms with van der Waals surface area (Å²) >= 11 is 1.53. The largest absolute Gasteiger partial charge is 0.480 e. The molecular weight excluding hydrogens is 200 g/mol. The Morgan fingerprint density at radius 2 is 2.07 bits per heavy atom. The monoisotopic (exact) mass is 220 g/mol. The summed E-state index contributed by atoms with van der Waals surface area (Å²) in [5, 5.41) is 8.63. The van der Waals surface area contributed by atoms with E-state index in [9.17, 15) is 4.79 Å². The fourth-order valence-corrected chi connectivity index (χ4v) is 2.26. The molecule has 0 aromatic heterocycles. The van der Waals surface area contributed by atoms with Crippen LogP contribution in [0.5, 0.6) is 0 Å². The predicted molar refractivity (Wildman–Crippen MR) is 59.8 cm³/mol. The van der Waals surface area contributed by atoms with E-state index >= 15 is 0 Å². The van der Waals surface area contributed by atoms with Crippen LogP contribution in [0.3, 0.4) is 0 Å². The summed E-state index contributed by atoms with van der Waals surface area (Å²) in [6, 6.07) is 0. The highest BCUT2D eigenvalue weighted by Crippen LogP contribution is 2.20. The van der Waals surface area contributed by atoms with Gasteiger partial charge in [0.25, 0.3) is 0 Å². The lowest BCUT2D eigenvalue weighted by molar-refractivity contribution is -0.137. The zero-order valence-electron chi connectivity index (χ0n) is 9.16. The van der Waals surface area contributed by atoms with Crippen LogP contribution in [0, 0.1) is 5.92 Å². The molecule has 1 unspecified atom stereocenters. The van der Waals surface area contributed by atoms with Crippen LogP contribution in [-0.2, 0) is 9.53 Å². The summed E-state index contributed by atoms with van der Waals surface area (Å²) in [7, 11) is 1.68. The van der Waals surface area contributed by atoms with Crippen molar-refractivity contribution in [3.8, 4) is 0 Å². The number of carboxylic acids is 1. The minimum atomic E-state index is -0.697. The molecule has 1 atom stereocenters. The molecule has 4 heteroatoms. The lowest BCUT2D eigenvalue weighted by Gasteiger charge is -2.15. The molecule has 0 aromatic carbocycles. The van der Waals surface area contributed by atoms with Crippen molar-refractivity contribution in [2.24, 2.45) is 5.92 Å². The average Bonchev–Trinajstić information content (AvgIpc) is 2.09. The third kappa shape index (κ3) is 6.27. The van der Waals surface area contributed by atoms with E-state index in [0.717, 1.165) is 25.2 Å². The third-order valence-electron chi connectivity index (χ3n) is 1.89. The zero-order chi connectivity index (χ0) is 11.0. The van der Waals surface area contributed by atoms with Crippen LogP contribution in [-0.4, -0.2) is 35.8 Å². The van der Waals surface area contributed by atoms with Crippen molar-refractivity contribution in [1.29, 1.82) is 0 Å². The van der Waals surface area contributed by atoms with Gasteiger partial charge in [-0.25, -0.2) is 0 Å². The molecule has 0 fully saturated rings. The standard InChI is InChI=1S/C10H20O3S/c1-8(2)9(10(11)12)14-7-5-4-6-13-3/h8-9H,4-7H2,1-3H3,(H,11,12). The average molecular weight is 220 g/mol. The molecule has 0 rings (SSSR count). The molecule has 3 nitrogen and oxygen atoms in total. The minimum Gasteiger partial charge on any atom is -0.480 e. The van der Waals surface area contributed by atoms with Crippen LogP contribution in [0.1, 0.15) is 26.7 Å². The molecule has 0 aliphatic heterocycles. The number of rotatable bonds is 8. The molecular formula is C10H20O3S. The molecule has 0 aliphatic carbocycles. The van der Waals surface area contributed by atoms with E-state index in [-0.39, 0.29) is 11.2 Å². The molecule has 0 heterocycles. The molecule has 84 valence electrons. The van der Waals surface area contributed by atoms with E-state index in [0.29, 0.717) is 0 Å². The van der Waals surface area contributed by atoms with Crippen molar-refractivity contribution >= 4 is 17.7 Å². The van der Waals surface area contributed by atoms with Crippen molar-refractivity contribution in [2.75, 3.05) is 19.5 Å². The highest BCUT2D eigenvalue weighted by molar-refractivity contribution is 8.00. The van der Waals surface area contributed by atoms with Crippen LogP contribution in [0.25, 0.3) is 0 Å². The van der Waals surface area contributed by atoms with E-state index < -0.39 is 5.97 Å². The van der Waals surface area contributed by atoms with Gasteiger partial charge in [0.2, 0.25) is 0 Å². The molecule has 0 saturated carbocycles. The quantitative estimate of drug-likeness (QED) is 0.637. The summed E-state index contributed by atoms with van der Waals surface area (Å²) in [6.45, 7) is 4.65. The maximum absolute atomic E-state index is 10.8. The van der Waals surface area contributed by atoms with Gasteiger partial charge in [-0.15, -0.1) is 11.8 Å². The Balaban J connectivity index is 3.57. The maximum Gasteiger partial charge on any atom is 0.316 e. The van der Waals surface area contributed by atoms with Gasteiger partial charge < -0.3 is 9.84 Å². The fourth-order valence-electron chi connectivity index (χ4n) is 1.11. The van der Waals surface area contributed by atoms with E-state index in [4.69, 9.17) is 9.84 Å². The normalized spacial score (nSPS) is 13.1. The number of hydrogen-bond acceptors (Lipinski definition) is 3. The molecule has 0 aliphatic rings. The molecule has 0 spiro atoms. The molecule has 0 amide bonds. The summed E-state index contributed by atoms with van der Waals surface area (Å²) < 4.78 is 4.92. The maximum atomic E-state index is 10.8. The van der Waals surface area contributed by atoms with Crippen molar-refractivity contribution in [2.45, 2.75) is 31.9 Å². The molecule has 1 N–H and O–H groups in total. The molecule has 0 radical (unpaired) electrons. The van der Waals surface area contributed by atoms with Crippen molar-refractivity contribution in [1.82, 2.24) is 0 Å². The molecule has 0 saturated heterocycles. The van der Waals surface area contributed by atoms with Crippen molar-refractivity contribution in [3.63, 3.8) is 0 Å². The number of carboxylic acid groups (broad SMARTS) is 1. The van der Waals surface area contributed by atoms with Gasteiger partial charge in [0.1, 0.15) is 5.25 Å². The first-order valence-corrected chi connectivity index (χ1v) is 5.97. The Kier molecular flexibility index (Phi) is 7.99. The highest BCUT2D eigenvalue weighted by atomic mass is 32.2. The second kappa shape index (κ2) is 8.12. The minimum absolute atomic E-state index is 0.194. The smallest absolute Gasteiger partial charge is 0.316 e. The number of carbonyl (C=O) groups is 1. The van der Waals surface area contributed by atoms with Gasteiger partial charge in [0.05, 0.1) is 0 Å². The highest BCUT2D eigenvalue weighted by Gasteiger charge is 2.20. The Bertz CT molecular complexity index is 159. The van der Waals surface area contributed by atoms with Gasteiger partial charge in [0, 0.05) is 13.7 Å². The summed E-state index contributed by atoms with van der Waals surface area (Å²) in [6.07, 6.45) is 2.03. The van der Waals surface area contributed by atoms with E-state index in [2.05, 4.69) is 0 Å². The topological polar surface area (TPSA) is 46.5 Å². The van der Waals surface area contributed by atoms with Crippen molar-refractivity contribution in [3.05, 3.63) is 0 Å². The summed E-state index contributed by atoms with van der Waals surface area (Å²) in [5.74, 6) is 0.398. The number of unbranched alkanes of at least 4 members (excludes halogenated alkanes) is 1. The second-order valence-corrected chi connectivity index (χ2v) is 4.82. The lowest BCUT2D eigenvalue weighted by Crippen LogP contribution is -2.22. The van der Waals surface area contributed by atoms with Crippen LogP contribution < -0.4 is 0 Å². The predicted octanol–water partition coefficient (Wildman–Crippen LogP) is 2.26. The first kappa shape index (κ1) is 13.8. The molecule has 14 heavy (non-hydrogen) atoms. The van der Waals surface area contributed by atoms with E-state index in [1.165, 1.54) is 11.8 Å². The summed E-state index contributed by atoms with van der Waals surface area (Å²) in [4.78, 5) is 10.8. The van der Waals surface area contributed by atoms with Crippen LogP contribution in [0.2, 0.25) is 0 Å². The molecule has 0 aromatic rings. The van der Waals surface area contributed by atoms with E-state index in [1.807, 2.05) is 13.8 Å². The van der Waals surface area contributed by atoms with Gasteiger partial charge in [-0.05, 0) is 24.5 Å². The Hall–Kier alpha value is -0.220. The fraction of sp³-hybridized carbons (Fsp3) is 0.900. The molecule has 0 bridgehead atoms. The number of aliphatic carboxylic acids is 1. The Labute approximate surface area is 90.2 Å². The number of ether oxygens (including phenoxy) is 1. The Morgan fingerprint density at radius 1 is 1.43 bits per heavy atom. The number of methoxy groups -OCH3 is 1. The van der Waals surface area contributed by atoms with Crippen LogP contribution in [0.15, 0.2) is 0 Å². The van der Waals surface area contributed by atoms with Gasteiger partial charge in [-0.1, -0.05) is 13.8 Å². The first-order valence-electron chi connectivity index (χ1n) is 4.93. The number of thioether (sulfide) groups is 1. The second-order valence-electron chi connectivity index (χ2n) is 3.57.